The topological polar surface area (TPSA) is 4.93 Å². The highest BCUT2D eigenvalue weighted by molar-refractivity contribution is 5.98. The van der Waals surface area contributed by atoms with E-state index >= 15 is 0 Å². The molecule has 0 saturated carbocycles. The van der Waals surface area contributed by atoms with Crippen LogP contribution in [0.25, 0.3) is 33.3 Å². The van der Waals surface area contributed by atoms with E-state index in [-0.39, 0.29) is 0 Å². The number of allylic oxidation sites excluding steroid dienone is 1. The van der Waals surface area contributed by atoms with Gasteiger partial charge in [0.2, 0.25) is 0 Å². The first-order valence-electron chi connectivity index (χ1n) is 16.6. The first kappa shape index (κ1) is 28.8. The van der Waals surface area contributed by atoms with Gasteiger partial charge in [-0.3, -0.25) is 0 Å². The first-order valence-corrected chi connectivity index (χ1v) is 16.6. The summed E-state index contributed by atoms with van der Waals surface area (Å²) >= 11 is 0. The molecule has 1 heteroatoms. The van der Waals surface area contributed by atoms with Gasteiger partial charge < -0.3 is 4.57 Å². The average Bonchev–Trinajstić information content (AvgIpc) is 3.11. The predicted molar refractivity (Wildman–Crippen MR) is 184 cm³/mol. The molecule has 2 bridgehead atoms. The quantitative estimate of drug-likeness (QED) is 0.200. The second-order valence-electron chi connectivity index (χ2n) is 13.7. The van der Waals surface area contributed by atoms with Gasteiger partial charge in [0.1, 0.15) is 0 Å². The largest absolute Gasteiger partial charge is 0.337 e. The van der Waals surface area contributed by atoms with Gasteiger partial charge in [-0.25, -0.2) is 0 Å². The third-order valence-electron chi connectivity index (χ3n) is 10.1. The van der Waals surface area contributed by atoms with Crippen LogP contribution in [0.15, 0.2) is 66.7 Å². The summed E-state index contributed by atoms with van der Waals surface area (Å²) in [4.78, 5) is 0. The van der Waals surface area contributed by atoms with Crippen molar-refractivity contribution in [3.63, 3.8) is 0 Å². The number of aryl methyl sites for hydroxylation is 1. The molecule has 0 amide bonds. The Kier molecular flexibility index (Phi) is 8.05. The van der Waals surface area contributed by atoms with Gasteiger partial charge in [-0.1, -0.05) is 109 Å². The van der Waals surface area contributed by atoms with Crippen molar-refractivity contribution in [3.8, 4) is 0 Å². The Bertz CT molecular complexity index is 1730. The highest BCUT2D eigenvalue weighted by Crippen LogP contribution is 2.46. The first-order chi connectivity index (χ1) is 20.2. The van der Waals surface area contributed by atoms with Crippen LogP contribution in [0.3, 0.4) is 0 Å². The van der Waals surface area contributed by atoms with E-state index in [4.69, 9.17) is 0 Å². The maximum atomic E-state index is 2.69. The van der Waals surface area contributed by atoms with E-state index in [1.54, 1.807) is 0 Å². The monoisotopic (exact) mass is 555 g/mol. The summed E-state index contributed by atoms with van der Waals surface area (Å²) in [6.45, 7) is 16.3. The van der Waals surface area contributed by atoms with E-state index in [1.807, 2.05) is 0 Å². The number of nitrogens with zero attached hydrogens (tertiary/aromatic N) is 1. The number of hydrogen-bond donors (Lipinski definition) is 0. The van der Waals surface area contributed by atoms with Crippen LogP contribution in [0, 0.1) is 6.92 Å². The SMILES string of the molecule is CCCCCC(C)c1ccc2cc3cc(C(C)C)ccc3cc2n2c(C)c(c1)C1=Cc3cc(C(C)C)ccc3CCC12. The van der Waals surface area contributed by atoms with Gasteiger partial charge in [0.05, 0.1) is 6.04 Å². The molecule has 2 unspecified atom stereocenters. The number of unbranched alkanes of at least 4 members (excludes halogenated alkanes) is 2. The molecule has 6 rings (SSSR count). The number of aromatic nitrogens is 1. The van der Waals surface area contributed by atoms with Crippen LogP contribution in [-0.2, 0) is 6.42 Å². The lowest BCUT2D eigenvalue weighted by molar-refractivity contribution is 0.598. The summed E-state index contributed by atoms with van der Waals surface area (Å²) in [5.41, 5.74) is 12.9. The summed E-state index contributed by atoms with van der Waals surface area (Å²) in [5.74, 6) is 1.59. The normalized spacial score (nSPS) is 16.4. The van der Waals surface area contributed by atoms with Crippen molar-refractivity contribution in [1.29, 1.82) is 0 Å². The lowest BCUT2D eigenvalue weighted by atomic mass is 9.92. The molecule has 0 saturated heterocycles. The van der Waals surface area contributed by atoms with Gasteiger partial charge in [-0.05, 0) is 123 Å². The molecule has 0 spiro atoms. The second-order valence-corrected chi connectivity index (χ2v) is 13.7. The molecule has 0 fully saturated rings. The molecule has 2 heterocycles. The fourth-order valence-corrected chi connectivity index (χ4v) is 7.28. The Hall–Kier alpha value is -3.32. The minimum atomic E-state index is 0.348. The summed E-state index contributed by atoms with van der Waals surface area (Å²) in [5, 5.41) is 4.01. The molecule has 0 radical (unpaired) electrons. The summed E-state index contributed by atoms with van der Waals surface area (Å²) in [6, 6.07) is 26.9. The standard InChI is InChI=1S/C41H49N/c1-8-9-10-11-28(6)33-15-17-35-22-36-20-32(27(4)5)14-16-34(36)25-41(35)42-29(7)38(23-33)39-24-37-21-31(26(2)3)13-12-30(37)18-19-40(39)42/h12-17,20-28,40H,8-11,18-19H2,1-7H3. The van der Waals surface area contributed by atoms with Crippen molar-refractivity contribution in [2.75, 3.05) is 0 Å². The Morgan fingerprint density at radius 1 is 0.738 bits per heavy atom. The fraction of sp³-hybridized carbons (Fsp3) is 0.415. The number of benzene rings is 3. The maximum Gasteiger partial charge on any atom is 0.0598 e. The van der Waals surface area contributed by atoms with E-state index in [9.17, 15) is 0 Å². The molecule has 0 N–H and O–H groups in total. The second kappa shape index (κ2) is 11.8. The van der Waals surface area contributed by atoms with E-state index in [0.717, 1.165) is 12.8 Å². The van der Waals surface area contributed by atoms with Crippen molar-refractivity contribution in [2.24, 2.45) is 0 Å². The Balaban J connectivity index is 1.63. The van der Waals surface area contributed by atoms with Crippen molar-refractivity contribution < 1.29 is 0 Å². The van der Waals surface area contributed by atoms with Crippen LogP contribution < -0.4 is 0 Å². The van der Waals surface area contributed by atoms with Gasteiger partial charge in [-0.15, -0.1) is 0 Å². The molecule has 1 aliphatic carbocycles. The molecular weight excluding hydrogens is 506 g/mol. The number of rotatable bonds is 7. The highest BCUT2D eigenvalue weighted by Gasteiger charge is 2.31. The van der Waals surface area contributed by atoms with E-state index in [1.165, 1.54) is 92.0 Å². The van der Waals surface area contributed by atoms with Crippen molar-refractivity contribution in [1.82, 2.24) is 4.57 Å². The molecule has 1 aromatic heterocycles. The fourth-order valence-electron chi connectivity index (χ4n) is 7.28. The minimum Gasteiger partial charge on any atom is -0.337 e. The number of fused-ring (bicyclic) bond motifs is 9. The molecule has 3 aromatic carbocycles. The molecule has 2 atom stereocenters. The van der Waals surface area contributed by atoms with Crippen molar-refractivity contribution in [2.45, 2.75) is 111 Å². The van der Waals surface area contributed by atoms with Gasteiger partial charge in [0, 0.05) is 11.2 Å². The maximum absolute atomic E-state index is 2.69. The third kappa shape index (κ3) is 5.32. The van der Waals surface area contributed by atoms with Gasteiger partial charge in [0.25, 0.3) is 0 Å². The van der Waals surface area contributed by atoms with Gasteiger partial charge in [-0.2, -0.15) is 0 Å². The molecule has 42 heavy (non-hydrogen) atoms. The molecule has 218 valence electrons. The Morgan fingerprint density at radius 3 is 2.21 bits per heavy atom. The predicted octanol–water partition coefficient (Wildman–Crippen LogP) is 12.2. The van der Waals surface area contributed by atoms with Crippen LogP contribution in [0.5, 0.6) is 0 Å². The van der Waals surface area contributed by atoms with Crippen LogP contribution in [0.2, 0.25) is 0 Å². The smallest absolute Gasteiger partial charge is 0.0598 e. The van der Waals surface area contributed by atoms with Crippen molar-refractivity contribution >= 4 is 33.3 Å². The third-order valence-corrected chi connectivity index (χ3v) is 10.1. The molecule has 1 nitrogen and oxygen atoms in total. The van der Waals surface area contributed by atoms with Crippen LogP contribution >= 0.6 is 0 Å². The van der Waals surface area contributed by atoms with Gasteiger partial charge >= 0.3 is 0 Å². The summed E-state index contributed by atoms with van der Waals surface area (Å²) in [7, 11) is 0. The molecular formula is C41H49N. The highest BCUT2D eigenvalue weighted by atomic mass is 15.0. The lowest BCUT2D eigenvalue weighted by Crippen LogP contribution is -2.07. The molecule has 1 aliphatic heterocycles. The van der Waals surface area contributed by atoms with Crippen molar-refractivity contribution in [3.05, 3.63) is 106 Å². The number of hydrogen-bond acceptors (Lipinski definition) is 0. The van der Waals surface area contributed by atoms with Gasteiger partial charge in [0.15, 0.2) is 0 Å². The molecule has 2 aliphatic rings. The van der Waals surface area contributed by atoms with Crippen LogP contribution in [0.1, 0.15) is 137 Å². The van der Waals surface area contributed by atoms with E-state index < -0.39 is 0 Å². The van der Waals surface area contributed by atoms with E-state index in [2.05, 4.69) is 126 Å². The van der Waals surface area contributed by atoms with E-state index in [0.29, 0.717) is 23.8 Å². The lowest BCUT2D eigenvalue weighted by Gasteiger charge is -2.19. The van der Waals surface area contributed by atoms with Crippen LogP contribution in [0.4, 0.5) is 0 Å². The van der Waals surface area contributed by atoms with Crippen LogP contribution in [-0.4, -0.2) is 4.57 Å². The Labute approximate surface area is 254 Å². The summed E-state index contributed by atoms with van der Waals surface area (Å²) in [6.07, 6.45) is 9.90. The zero-order valence-corrected chi connectivity index (χ0v) is 26.9. The zero-order valence-electron chi connectivity index (χ0n) is 26.9. The summed E-state index contributed by atoms with van der Waals surface area (Å²) < 4.78 is 2.69. The average molecular weight is 556 g/mol. The zero-order chi connectivity index (χ0) is 29.5. The molecule has 4 aromatic rings. The minimum absolute atomic E-state index is 0.348. The Morgan fingerprint density at radius 2 is 1.45 bits per heavy atom.